The molecule has 1 aromatic carbocycles. The normalized spacial score (nSPS) is 16.2. The highest BCUT2D eigenvalue weighted by Gasteiger charge is 2.17. The van der Waals surface area contributed by atoms with Crippen LogP contribution in [0.3, 0.4) is 0 Å². The van der Waals surface area contributed by atoms with Crippen LogP contribution in [-0.4, -0.2) is 47.5 Å². The molecule has 1 N–H and O–H groups in total. The van der Waals surface area contributed by atoms with Gasteiger partial charge in [0.25, 0.3) is 5.91 Å². The lowest BCUT2D eigenvalue weighted by atomic mass is 10.2. The minimum absolute atomic E-state index is 0.0389. The van der Waals surface area contributed by atoms with Gasteiger partial charge in [-0.05, 0) is 37.5 Å². The van der Waals surface area contributed by atoms with E-state index in [9.17, 15) is 9.59 Å². The van der Waals surface area contributed by atoms with Crippen molar-refractivity contribution >= 4 is 41.2 Å². The number of halogens is 2. The fourth-order valence-corrected chi connectivity index (χ4v) is 3.56. The molecule has 0 bridgehead atoms. The molecule has 0 spiro atoms. The Hall–Kier alpha value is -2.35. The van der Waals surface area contributed by atoms with E-state index in [4.69, 9.17) is 32.7 Å². The van der Waals surface area contributed by atoms with Gasteiger partial charge in [-0.15, -0.1) is 0 Å². The summed E-state index contributed by atoms with van der Waals surface area (Å²) in [6, 6.07) is 7.44. The second kappa shape index (κ2) is 10.6. The number of aryl methyl sites for hydroxylation is 1. The van der Waals surface area contributed by atoms with Gasteiger partial charge in [-0.3, -0.25) is 4.79 Å². The first-order valence-corrected chi connectivity index (χ1v) is 10.4. The fraction of sp³-hybridized carbons (Fsp3) is 0.381. The Morgan fingerprint density at radius 2 is 2.17 bits per heavy atom. The van der Waals surface area contributed by atoms with Crippen LogP contribution in [0, 0.1) is 6.92 Å². The Labute approximate surface area is 184 Å². The monoisotopic (exact) mass is 451 g/mol. The Morgan fingerprint density at radius 1 is 1.37 bits per heavy atom. The van der Waals surface area contributed by atoms with E-state index in [0.29, 0.717) is 34.5 Å². The zero-order chi connectivity index (χ0) is 21.5. The Kier molecular flexibility index (Phi) is 7.90. The molecule has 1 amide bonds. The molecule has 160 valence electrons. The van der Waals surface area contributed by atoms with Gasteiger partial charge in [-0.25, -0.2) is 9.48 Å². The number of nitrogens with one attached hydrogen (secondary N) is 1. The third-order valence-corrected chi connectivity index (χ3v) is 5.44. The van der Waals surface area contributed by atoms with E-state index < -0.39 is 5.97 Å². The zero-order valence-corrected chi connectivity index (χ0v) is 18.1. The zero-order valence-electron chi connectivity index (χ0n) is 16.6. The summed E-state index contributed by atoms with van der Waals surface area (Å²) in [6.45, 7) is 2.98. The number of carbonyl (C=O) groups is 2. The molecule has 30 heavy (non-hydrogen) atoms. The third kappa shape index (κ3) is 6.08. The number of ether oxygens (including phenoxy) is 2. The highest BCUT2D eigenvalue weighted by molar-refractivity contribution is 6.32. The van der Waals surface area contributed by atoms with Gasteiger partial charge in [0.2, 0.25) is 0 Å². The lowest BCUT2D eigenvalue weighted by Crippen LogP contribution is -2.34. The first-order valence-electron chi connectivity index (χ1n) is 9.63. The van der Waals surface area contributed by atoms with Gasteiger partial charge in [0.15, 0.2) is 6.61 Å². The van der Waals surface area contributed by atoms with Crippen LogP contribution in [0.4, 0.5) is 0 Å². The van der Waals surface area contributed by atoms with Crippen molar-refractivity contribution < 1.29 is 19.1 Å². The van der Waals surface area contributed by atoms with E-state index in [1.165, 1.54) is 12.2 Å². The molecule has 1 atom stereocenters. The Bertz CT molecular complexity index is 936. The minimum Gasteiger partial charge on any atom is -0.452 e. The summed E-state index contributed by atoms with van der Waals surface area (Å²) in [5.41, 5.74) is 2.14. The molecule has 3 rings (SSSR count). The molecule has 0 radical (unpaired) electrons. The van der Waals surface area contributed by atoms with Gasteiger partial charge >= 0.3 is 5.97 Å². The Balaban J connectivity index is 1.52. The van der Waals surface area contributed by atoms with Crippen LogP contribution >= 0.6 is 23.2 Å². The van der Waals surface area contributed by atoms with Crippen molar-refractivity contribution in [3.8, 4) is 0 Å². The van der Waals surface area contributed by atoms with Gasteiger partial charge in [0.1, 0.15) is 5.15 Å². The lowest BCUT2D eigenvalue weighted by Gasteiger charge is -2.10. The summed E-state index contributed by atoms with van der Waals surface area (Å²) >= 11 is 12.6. The number of esters is 1. The number of hydrogen-bond donors (Lipinski definition) is 1. The largest absolute Gasteiger partial charge is 0.452 e. The molecule has 2 aromatic rings. The van der Waals surface area contributed by atoms with Crippen molar-refractivity contribution in [1.29, 1.82) is 0 Å². The van der Waals surface area contributed by atoms with E-state index in [0.717, 1.165) is 25.0 Å². The standard InChI is InChI=1S/C21H23Cl2N3O4/c1-14-17(21(23)26(25-14)12-15-5-2-3-7-18(15)22)8-9-20(28)30-13-19(27)24-11-16-6-4-10-29-16/h2-3,5,7-9,16H,4,6,10-13H2,1H3,(H,24,27). The number of rotatable bonds is 8. The van der Waals surface area contributed by atoms with Crippen LogP contribution in [0.2, 0.25) is 10.2 Å². The molecule has 0 saturated carbocycles. The minimum atomic E-state index is -0.642. The SMILES string of the molecule is Cc1nn(Cc2ccccc2Cl)c(Cl)c1C=CC(=O)OCC(=O)NCC1CCCO1. The van der Waals surface area contributed by atoms with Gasteiger partial charge in [-0.1, -0.05) is 41.4 Å². The molecular formula is C21H23Cl2N3O4. The summed E-state index contributed by atoms with van der Waals surface area (Å²) in [5.74, 6) is -1.01. The molecule has 7 nitrogen and oxygen atoms in total. The average molecular weight is 452 g/mol. The first kappa shape index (κ1) is 22.3. The summed E-state index contributed by atoms with van der Waals surface area (Å²) in [5, 5.41) is 8.11. The van der Waals surface area contributed by atoms with Crippen LogP contribution in [0.5, 0.6) is 0 Å². The number of hydrogen-bond acceptors (Lipinski definition) is 5. The van der Waals surface area contributed by atoms with Crippen molar-refractivity contribution in [2.75, 3.05) is 19.8 Å². The van der Waals surface area contributed by atoms with Crippen LogP contribution in [-0.2, 0) is 25.6 Å². The molecule has 1 aromatic heterocycles. The second-order valence-electron chi connectivity index (χ2n) is 6.92. The van der Waals surface area contributed by atoms with Gasteiger partial charge in [0.05, 0.1) is 18.3 Å². The maximum absolute atomic E-state index is 11.9. The highest BCUT2D eigenvalue weighted by atomic mass is 35.5. The summed E-state index contributed by atoms with van der Waals surface area (Å²) in [6.07, 6.45) is 4.71. The van der Waals surface area contributed by atoms with E-state index in [1.807, 2.05) is 18.2 Å². The van der Waals surface area contributed by atoms with Crippen LogP contribution in [0.25, 0.3) is 6.08 Å². The average Bonchev–Trinajstić information content (AvgIpc) is 3.33. The maximum Gasteiger partial charge on any atom is 0.331 e. The molecular weight excluding hydrogens is 429 g/mol. The number of aromatic nitrogens is 2. The highest BCUT2D eigenvalue weighted by Crippen LogP contribution is 2.24. The van der Waals surface area contributed by atoms with Gasteiger partial charge in [0, 0.05) is 29.8 Å². The topological polar surface area (TPSA) is 82.5 Å². The number of amides is 1. The second-order valence-corrected chi connectivity index (χ2v) is 7.68. The lowest BCUT2D eigenvalue weighted by molar-refractivity contribution is -0.143. The Morgan fingerprint density at radius 3 is 2.90 bits per heavy atom. The van der Waals surface area contributed by atoms with Gasteiger partial charge in [-0.2, -0.15) is 5.10 Å². The number of nitrogens with zero attached hydrogens (tertiary/aromatic N) is 2. The summed E-state index contributed by atoms with van der Waals surface area (Å²) in [4.78, 5) is 23.7. The molecule has 2 heterocycles. The van der Waals surface area contributed by atoms with Crippen molar-refractivity contribution in [3.05, 3.63) is 57.3 Å². The number of benzene rings is 1. The maximum atomic E-state index is 11.9. The van der Waals surface area contributed by atoms with Gasteiger partial charge < -0.3 is 14.8 Å². The quantitative estimate of drug-likeness (QED) is 0.491. The molecule has 0 aliphatic carbocycles. The van der Waals surface area contributed by atoms with Crippen molar-refractivity contribution in [1.82, 2.24) is 15.1 Å². The number of carbonyl (C=O) groups excluding carboxylic acids is 2. The predicted octanol–water partition coefficient (Wildman–Crippen LogP) is 3.40. The van der Waals surface area contributed by atoms with E-state index >= 15 is 0 Å². The van der Waals surface area contributed by atoms with E-state index in [2.05, 4.69) is 10.4 Å². The molecule has 1 saturated heterocycles. The molecule has 9 heteroatoms. The van der Waals surface area contributed by atoms with Crippen LogP contribution < -0.4 is 5.32 Å². The molecule has 1 aliphatic heterocycles. The summed E-state index contributed by atoms with van der Waals surface area (Å²) in [7, 11) is 0. The molecule has 1 unspecified atom stereocenters. The van der Waals surface area contributed by atoms with E-state index in [-0.39, 0.29) is 18.6 Å². The smallest absolute Gasteiger partial charge is 0.331 e. The van der Waals surface area contributed by atoms with Crippen molar-refractivity contribution in [2.45, 2.75) is 32.4 Å². The van der Waals surface area contributed by atoms with Crippen LogP contribution in [0.15, 0.2) is 30.3 Å². The van der Waals surface area contributed by atoms with Crippen molar-refractivity contribution in [3.63, 3.8) is 0 Å². The third-order valence-electron chi connectivity index (χ3n) is 4.67. The first-order chi connectivity index (χ1) is 14.4. The summed E-state index contributed by atoms with van der Waals surface area (Å²) < 4.78 is 12.0. The van der Waals surface area contributed by atoms with Crippen LogP contribution in [0.1, 0.15) is 29.7 Å². The molecule has 1 aliphatic rings. The fourth-order valence-electron chi connectivity index (χ4n) is 3.07. The van der Waals surface area contributed by atoms with Crippen molar-refractivity contribution in [2.24, 2.45) is 0 Å². The van der Waals surface area contributed by atoms with E-state index in [1.54, 1.807) is 17.7 Å². The molecule has 1 fully saturated rings. The predicted molar refractivity (Wildman–Crippen MR) is 115 cm³/mol.